The van der Waals surface area contributed by atoms with Crippen molar-refractivity contribution in [2.75, 3.05) is 22.9 Å². The fourth-order valence-corrected chi connectivity index (χ4v) is 3.82. The Labute approximate surface area is 176 Å². The number of carbonyl (C=O) groups excluding carboxylic acids is 2. The first kappa shape index (κ1) is 19.6. The van der Waals surface area contributed by atoms with Gasteiger partial charge in [-0.25, -0.2) is 4.39 Å². The normalized spacial score (nSPS) is 19.1. The van der Waals surface area contributed by atoms with Crippen molar-refractivity contribution in [2.24, 2.45) is 0 Å². The van der Waals surface area contributed by atoms with E-state index in [2.05, 4.69) is 10.2 Å². The molecule has 0 saturated carbocycles. The quantitative estimate of drug-likeness (QED) is 0.452. The molecule has 2 aliphatic rings. The average Bonchev–Trinajstić information content (AvgIpc) is 3.17. The van der Waals surface area contributed by atoms with Crippen molar-refractivity contribution in [3.8, 4) is 0 Å². The molecule has 2 fully saturated rings. The zero-order chi connectivity index (χ0) is 20.5. The topological polar surface area (TPSA) is 65.8 Å². The fourth-order valence-electron chi connectivity index (χ4n) is 3.36. The van der Waals surface area contributed by atoms with Gasteiger partial charge < -0.3 is 9.32 Å². The highest BCUT2D eigenvalue weighted by Crippen LogP contribution is 2.28. The number of thiocarbonyl (C=S) groups is 1. The second-order valence-corrected chi connectivity index (χ2v) is 7.57. The van der Waals surface area contributed by atoms with Crippen LogP contribution in [0.25, 0.3) is 6.08 Å². The Kier molecular flexibility index (Phi) is 5.38. The first-order valence-corrected chi connectivity index (χ1v) is 9.94. The average molecular weight is 434 g/mol. The molecule has 1 N–H and O–H groups in total. The lowest BCUT2D eigenvalue weighted by atomic mass is 10.1. The zero-order valence-corrected chi connectivity index (χ0v) is 16.9. The third-order valence-electron chi connectivity index (χ3n) is 4.83. The number of carbonyl (C=O) groups is 2. The van der Waals surface area contributed by atoms with E-state index in [-0.39, 0.29) is 21.4 Å². The second-order valence-electron chi connectivity index (χ2n) is 6.78. The van der Waals surface area contributed by atoms with Crippen LogP contribution in [0.4, 0.5) is 16.0 Å². The van der Waals surface area contributed by atoms with Crippen LogP contribution in [-0.2, 0) is 9.59 Å². The van der Waals surface area contributed by atoms with Gasteiger partial charge in [-0.3, -0.25) is 19.8 Å². The molecule has 29 heavy (non-hydrogen) atoms. The summed E-state index contributed by atoms with van der Waals surface area (Å²) in [5.41, 5.74) is 0.115. The van der Waals surface area contributed by atoms with Crippen molar-refractivity contribution < 1.29 is 18.4 Å². The molecule has 1 aromatic heterocycles. The summed E-state index contributed by atoms with van der Waals surface area (Å²) in [6, 6.07) is 7.30. The van der Waals surface area contributed by atoms with Gasteiger partial charge in [-0.05, 0) is 61.8 Å². The Balaban J connectivity index is 1.63. The van der Waals surface area contributed by atoms with E-state index in [0.29, 0.717) is 11.6 Å². The molecule has 0 bridgehead atoms. The van der Waals surface area contributed by atoms with Crippen LogP contribution in [-0.4, -0.2) is 30.0 Å². The van der Waals surface area contributed by atoms with Gasteiger partial charge in [0.05, 0.1) is 10.7 Å². The number of nitrogens with zero attached hydrogens (tertiary/aromatic N) is 2. The predicted octanol–water partition coefficient (Wildman–Crippen LogP) is 3.89. The Morgan fingerprint density at radius 1 is 1.14 bits per heavy atom. The molecule has 2 amide bonds. The summed E-state index contributed by atoms with van der Waals surface area (Å²) in [5, 5.41) is 2.21. The summed E-state index contributed by atoms with van der Waals surface area (Å²) in [4.78, 5) is 28.6. The van der Waals surface area contributed by atoms with Gasteiger partial charge in [0.1, 0.15) is 17.2 Å². The van der Waals surface area contributed by atoms with Gasteiger partial charge in [0, 0.05) is 19.2 Å². The van der Waals surface area contributed by atoms with E-state index in [1.807, 2.05) is 6.07 Å². The minimum Gasteiger partial charge on any atom is -0.441 e. The first-order valence-electron chi connectivity index (χ1n) is 9.15. The van der Waals surface area contributed by atoms with Crippen molar-refractivity contribution in [3.63, 3.8) is 0 Å². The van der Waals surface area contributed by atoms with E-state index >= 15 is 0 Å². The van der Waals surface area contributed by atoms with Crippen LogP contribution < -0.4 is 15.1 Å². The molecular formula is C20H17ClFN3O3S. The van der Waals surface area contributed by atoms with E-state index in [9.17, 15) is 14.0 Å². The van der Waals surface area contributed by atoms with Crippen LogP contribution in [0, 0.1) is 5.82 Å². The van der Waals surface area contributed by atoms with Crippen LogP contribution in [0.3, 0.4) is 0 Å². The largest absolute Gasteiger partial charge is 0.441 e. The van der Waals surface area contributed by atoms with Crippen molar-refractivity contribution in [1.29, 1.82) is 0 Å². The maximum absolute atomic E-state index is 13.5. The smallest absolute Gasteiger partial charge is 0.270 e. The van der Waals surface area contributed by atoms with E-state index < -0.39 is 17.6 Å². The molecule has 0 atom stereocenters. The zero-order valence-electron chi connectivity index (χ0n) is 15.3. The molecule has 2 aliphatic heterocycles. The highest BCUT2D eigenvalue weighted by molar-refractivity contribution is 7.80. The maximum Gasteiger partial charge on any atom is 0.270 e. The number of anilines is 2. The third-order valence-corrected chi connectivity index (χ3v) is 5.40. The van der Waals surface area contributed by atoms with Crippen LogP contribution in [0.5, 0.6) is 0 Å². The molecule has 0 radical (unpaired) electrons. The molecule has 4 rings (SSSR count). The van der Waals surface area contributed by atoms with Crippen LogP contribution in [0.1, 0.15) is 25.0 Å². The number of furan rings is 1. The highest BCUT2D eigenvalue weighted by Gasteiger charge is 2.35. The van der Waals surface area contributed by atoms with Gasteiger partial charge in [0.25, 0.3) is 11.8 Å². The summed E-state index contributed by atoms with van der Waals surface area (Å²) in [7, 11) is 0. The number of amides is 2. The highest BCUT2D eigenvalue weighted by atomic mass is 35.5. The standard InChI is InChI=1S/C20H17ClFN3O3S/c21-15-10-12(4-6-16(15)22)25-19(27)14(18(26)23-20(25)29)11-13-5-7-17(28-13)24-8-2-1-3-9-24/h4-7,10-11H,1-3,8-9H2,(H,23,26,29)/b14-11+. The minimum absolute atomic E-state index is 0.103. The van der Waals surface area contributed by atoms with Crippen LogP contribution >= 0.6 is 23.8 Å². The number of hydrogen-bond donors (Lipinski definition) is 1. The van der Waals surface area contributed by atoms with Gasteiger partial charge in [-0.15, -0.1) is 0 Å². The summed E-state index contributed by atoms with van der Waals surface area (Å²) in [5.74, 6) is -0.795. The molecule has 1 aromatic carbocycles. The predicted molar refractivity (Wildman–Crippen MR) is 112 cm³/mol. The van der Waals surface area contributed by atoms with Gasteiger partial charge in [-0.1, -0.05) is 11.6 Å². The summed E-state index contributed by atoms with van der Waals surface area (Å²) in [6.45, 7) is 1.83. The van der Waals surface area contributed by atoms with Crippen molar-refractivity contribution >= 4 is 58.4 Å². The molecule has 3 heterocycles. The molecule has 6 nitrogen and oxygen atoms in total. The molecular weight excluding hydrogens is 417 g/mol. The number of nitrogens with one attached hydrogen (secondary N) is 1. The minimum atomic E-state index is -0.641. The monoisotopic (exact) mass is 433 g/mol. The Morgan fingerprint density at radius 3 is 2.62 bits per heavy atom. The van der Waals surface area contributed by atoms with E-state index in [0.717, 1.165) is 36.9 Å². The number of halogens is 2. The van der Waals surface area contributed by atoms with Crippen LogP contribution in [0.15, 0.2) is 40.3 Å². The van der Waals surface area contributed by atoms with Gasteiger partial charge in [0.2, 0.25) is 0 Å². The van der Waals surface area contributed by atoms with E-state index in [1.54, 1.807) is 6.07 Å². The number of piperidine rings is 1. The number of benzene rings is 1. The lowest BCUT2D eigenvalue weighted by Crippen LogP contribution is -2.54. The summed E-state index contributed by atoms with van der Waals surface area (Å²) in [6.07, 6.45) is 4.78. The fraction of sp³-hybridized carbons (Fsp3) is 0.250. The van der Waals surface area contributed by atoms with Crippen molar-refractivity contribution in [1.82, 2.24) is 5.32 Å². The molecule has 0 spiro atoms. The molecule has 0 aliphatic carbocycles. The van der Waals surface area contributed by atoms with Gasteiger partial charge >= 0.3 is 0 Å². The molecule has 2 saturated heterocycles. The van der Waals surface area contributed by atoms with Gasteiger partial charge in [0.15, 0.2) is 11.0 Å². The summed E-state index contributed by atoms with van der Waals surface area (Å²) >= 11 is 10.9. The first-order chi connectivity index (χ1) is 13.9. The lowest BCUT2D eigenvalue weighted by Gasteiger charge is -2.29. The molecule has 150 valence electrons. The van der Waals surface area contributed by atoms with Crippen LogP contribution in [0.2, 0.25) is 5.02 Å². The lowest BCUT2D eigenvalue weighted by molar-refractivity contribution is -0.122. The molecule has 9 heteroatoms. The van der Waals surface area contributed by atoms with Gasteiger partial charge in [-0.2, -0.15) is 0 Å². The number of rotatable bonds is 3. The Hall–Kier alpha value is -2.71. The maximum atomic E-state index is 13.5. The number of hydrogen-bond acceptors (Lipinski definition) is 5. The van der Waals surface area contributed by atoms with Crippen molar-refractivity contribution in [3.05, 3.63) is 52.5 Å². The molecule has 2 aromatic rings. The molecule has 0 unspecified atom stereocenters. The Bertz CT molecular complexity index is 1030. The Morgan fingerprint density at radius 2 is 1.90 bits per heavy atom. The summed E-state index contributed by atoms with van der Waals surface area (Å²) < 4.78 is 19.3. The van der Waals surface area contributed by atoms with E-state index in [1.165, 1.54) is 24.6 Å². The van der Waals surface area contributed by atoms with E-state index in [4.69, 9.17) is 28.2 Å². The third kappa shape index (κ3) is 3.90. The SMILES string of the molecule is O=C1NC(=S)N(c2ccc(F)c(Cl)c2)C(=O)/C1=C/c1ccc(N2CCCCC2)o1. The van der Waals surface area contributed by atoms with Crippen molar-refractivity contribution in [2.45, 2.75) is 19.3 Å². The second kappa shape index (κ2) is 7.96.